The summed E-state index contributed by atoms with van der Waals surface area (Å²) in [6.07, 6.45) is 1.95. The molecule has 0 saturated carbocycles. The van der Waals surface area contributed by atoms with Crippen LogP contribution in [0.15, 0.2) is 11.6 Å². The van der Waals surface area contributed by atoms with Gasteiger partial charge < -0.3 is 14.7 Å². The lowest BCUT2D eigenvalue weighted by molar-refractivity contribution is 0.204. The van der Waals surface area contributed by atoms with Gasteiger partial charge in [0, 0.05) is 31.8 Å². The van der Waals surface area contributed by atoms with Gasteiger partial charge >= 0.3 is 0 Å². The van der Waals surface area contributed by atoms with Crippen molar-refractivity contribution in [3.8, 4) is 0 Å². The fourth-order valence-corrected chi connectivity index (χ4v) is 2.88. The number of hydrogen-bond acceptors (Lipinski definition) is 5. The number of methoxy groups -OCH3 is 1. The minimum Gasteiger partial charge on any atom is -0.390 e. The Bertz CT molecular complexity index is 521. The molecule has 2 heterocycles. The number of aliphatic hydroxyl groups is 1. The fourth-order valence-electron chi connectivity index (χ4n) is 2.15. The predicted octanol–water partition coefficient (Wildman–Crippen LogP) is 2.00. The highest BCUT2D eigenvalue weighted by molar-refractivity contribution is 7.15. The van der Waals surface area contributed by atoms with Gasteiger partial charge in [-0.3, -0.25) is 4.40 Å². The Kier molecular flexibility index (Phi) is 4.79. The van der Waals surface area contributed by atoms with Gasteiger partial charge in [-0.2, -0.15) is 0 Å². The van der Waals surface area contributed by atoms with E-state index in [1.165, 1.54) is 0 Å². The Morgan fingerprint density at radius 3 is 2.95 bits per heavy atom. The van der Waals surface area contributed by atoms with Gasteiger partial charge in [0.25, 0.3) is 0 Å². The maximum absolute atomic E-state index is 9.62. The standard InChI is InChI=1S/C13H21N3O2S/c1-10(2)8-15(4-6-18-3)12-11(9-17)16-5-7-19-13(16)14-12/h5,7,10,17H,4,6,8-9H2,1-3H3. The SMILES string of the molecule is COCCN(CC(C)C)c1nc2sccn2c1CO. The van der Waals surface area contributed by atoms with Crippen molar-refractivity contribution in [2.24, 2.45) is 5.92 Å². The molecule has 0 fully saturated rings. The summed E-state index contributed by atoms with van der Waals surface area (Å²) in [5.41, 5.74) is 0.855. The van der Waals surface area contributed by atoms with Crippen LogP contribution in [0, 0.1) is 5.92 Å². The van der Waals surface area contributed by atoms with Gasteiger partial charge in [0.2, 0.25) is 0 Å². The first-order valence-corrected chi connectivity index (χ1v) is 7.34. The van der Waals surface area contributed by atoms with E-state index in [1.54, 1.807) is 18.4 Å². The lowest BCUT2D eigenvalue weighted by Crippen LogP contribution is -2.32. The first-order chi connectivity index (χ1) is 9.17. The van der Waals surface area contributed by atoms with Gasteiger partial charge in [0.15, 0.2) is 10.8 Å². The van der Waals surface area contributed by atoms with E-state index >= 15 is 0 Å². The molecule has 0 saturated heterocycles. The zero-order chi connectivity index (χ0) is 13.8. The molecule has 0 amide bonds. The summed E-state index contributed by atoms with van der Waals surface area (Å²) in [5, 5.41) is 11.6. The molecule has 5 nitrogen and oxygen atoms in total. The number of rotatable bonds is 7. The van der Waals surface area contributed by atoms with E-state index in [0.717, 1.165) is 29.6 Å². The predicted molar refractivity (Wildman–Crippen MR) is 77.9 cm³/mol. The highest BCUT2D eigenvalue weighted by Crippen LogP contribution is 2.25. The van der Waals surface area contributed by atoms with Gasteiger partial charge in [-0.05, 0) is 5.92 Å². The van der Waals surface area contributed by atoms with E-state index in [2.05, 4.69) is 23.7 Å². The minimum atomic E-state index is -0.00515. The van der Waals surface area contributed by atoms with E-state index < -0.39 is 0 Å². The van der Waals surface area contributed by atoms with Crippen molar-refractivity contribution in [1.29, 1.82) is 0 Å². The van der Waals surface area contributed by atoms with E-state index in [-0.39, 0.29) is 6.61 Å². The van der Waals surface area contributed by atoms with E-state index in [0.29, 0.717) is 12.5 Å². The lowest BCUT2D eigenvalue weighted by Gasteiger charge is -2.25. The Morgan fingerprint density at radius 2 is 2.32 bits per heavy atom. The van der Waals surface area contributed by atoms with E-state index in [9.17, 15) is 5.11 Å². The quantitative estimate of drug-likeness (QED) is 0.844. The molecule has 0 radical (unpaired) electrons. The smallest absolute Gasteiger partial charge is 0.195 e. The minimum absolute atomic E-state index is 0.00515. The molecule has 2 aromatic heterocycles. The number of fused-ring (bicyclic) bond motifs is 1. The third-order valence-electron chi connectivity index (χ3n) is 2.94. The monoisotopic (exact) mass is 283 g/mol. The average Bonchev–Trinajstić information content (AvgIpc) is 2.93. The van der Waals surface area contributed by atoms with Gasteiger partial charge in [0.1, 0.15) is 0 Å². The molecule has 0 spiro atoms. The van der Waals surface area contributed by atoms with Crippen LogP contribution in [0.5, 0.6) is 0 Å². The van der Waals surface area contributed by atoms with Gasteiger partial charge in [-0.1, -0.05) is 13.8 Å². The number of aliphatic hydroxyl groups excluding tert-OH is 1. The molecule has 19 heavy (non-hydrogen) atoms. The molecule has 0 atom stereocenters. The highest BCUT2D eigenvalue weighted by atomic mass is 32.1. The Balaban J connectivity index is 2.33. The van der Waals surface area contributed by atoms with Crippen molar-refractivity contribution in [2.45, 2.75) is 20.5 Å². The maximum atomic E-state index is 9.62. The molecule has 2 aromatic rings. The third kappa shape index (κ3) is 3.08. The number of imidazole rings is 1. The van der Waals surface area contributed by atoms with Crippen LogP contribution in [0.2, 0.25) is 0 Å². The van der Waals surface area contributed by atoms with Crippen LogP contribution in [0.3, 0.4) is 0 Å². The molecular weight excluding hydrogens is 262 g/mol. The van der Waals surface area contributed by atoms with Crippen molar-refractivity contribution in [1.82, 2.24) is 9.38 Å². The fraction of sp³-hybridized carbons (Fsp3) is 0.615. The molecule has 0 bridgehead atoms. The van der Waals surface area contributed by atoms with Crippen molar-refractivity contribution < 1.29 is 9.84 Å². The first-order valence-electron chi connectivity index (χ1n) is 6.46. The number of ether oxygens (including phenoxy) is 1. The molecular formula is C13H21N3O2S. The van der Waals surface area contributed by atoms with Crippen molar-refractivity contribution in [3.63, 3.8) is 0 Å². The Hall–Kier alpha value is -1.11. The summed E-state index contributed by atoms with van der Waals surface area (Å²) in [6, 6.07) is 0. The zero-order valence-electron chi connectivity index (χ0n) is 11.7. The number of nitrogens with zero attached hydrogens (tertiary/aromatic N) is 3. The summed E-state index contributed by atoms with van der Waals surface area (Å²) >= 11 is 1.58. The van der Waals surface area contributed by atoms with Crippen LogP contribution in [-0.4, -0.2) is 41.3 Å². The summed E-state index contributed by atoms with van der Waals surface area (Å²) in [7, 11) is 1.70. The van der Waals surface area contributed by atoms with Crippen LogP contribution < -0.4 is 4.90 Å². The zero-order valence-corrected chi connectivity index (χ0v) is 12.5. The Labute approximate surface area is 117 Å². The van der Waals surface area contributed by atoms with Crippen molar-refractivity contribution in [3.05, 3.63) is 17.3 Å². The molecule has 0 aliphatic rings. The van der Waals surface area contributed by atoms with Crippen LogP contribution in [0.4, 0.5) is 5.82 Å². The molecule has 6 heteroatoms. The van der Waals surface area contributed by atoms with Gasteiger partial charge in [-0.15, -0.1) is 11.3 Å². The van der Waals surface area contributed by atoms with Gasteiger partial charge in [-0.25, -0.2) is 4.98 Å². The van der Waals surface area contributed by atoms with Crippen LogP contribution in [0.25, 0.3) is 4.96 Å². The van der Waals surface area contributed by atoms with E-state index in [1.807, 2.05) is 16.0 Å². The maximum Gasteiger partial charge on any atom is 0.195 e. The largest absolute Gasteiger partial charge is 0.390 e. The molecule has 0 aromatic carbocycles. The van der Waals surface area contributed by atoms with E-state index in [4.69, 9.17) is 4.74 Å². The summed E-state index contributed by atoms with van der Waals surface area (Å²) in [4.78, 5) is 7.76. The average molecular weight is 283 g/mol. The number of thiazole rings is 1. The first kappa shape index (κ1) is 14.3. The molecule has 2 rings (SSSR count). The van der Waals surface area contributed by atoms with Crippen molar-refractivity contribution >= 4 is 22.1 Å². The molecule has 0 aliphatic heterocycles. The molecule has 0 aliphatic carbocycles. The summed E-state index contributed by atoms with van der Waals surface area (Å²) < 4.78 is 7.13. The second-order valence-electron chi connectivity index (χ2n) is 4.93. The molecule has 106 valence electrons. The van der Waals surface area contributed by atoms with Crippen LogP contribution in [-0.2, 0) is 11.3 Å². The molecule has 0 unspecified atom stereocenters. The van der Waals surface area contributed by atoms with Crippen LogP contribution >= 0.6 is 11.3 Å². The Morgan fingerprint density at radius 1 is 1.53 bits per heavy atom. The lowest BCUT2D eigenvalue weighted by atomic mass is 10.2. The molecule has 1 N–H and O–H groups in total. The number of hydrogen-bond donors (Lipinski definition) is 1. The summed E-state index contributed by atoms with van der Waals surface area (Å²) in [5.74, 6) is 1.41. The second-order valence-corrected chi connectivity index (χ2v) is 5.80. The normalized spacial score (nSPS) is 11.6. The van der Waals surface area contributed by atoms with Crippen LogP contribution in [0.1, 0.15) is 19.5 Å². The third-order valence-corrected chi connectivity index (χ3v) is 3.70. The van der Waals surface area contributed by atoms with Crippen molar-refractivity contribution in [2.75, 3.05) is 31.7 Å². The topological polar surface area (TPSA) is 50.0 Å². The number of aromatic nitrogens is 2. The second kappa shape index (κ2) is 6.36. The summed E-state index contributed by atoms with van der Waals surface area (Å²) in [6.45, 7) is 6.69. The van der Waals surface area contributed by atoms with Gasteiger partial charge in [0.05, 0.1) is 18.9 Å². The highest BCUT2D eigenvalue weighted by Gasteiger charge is 2.19. The number of anilines is 1.